The van der Waals surface area contributed by atoms with Crippen LogP contribution < -0.4 is 5.32 Å². The van der Waals surface area contributed by atoms with E-state index in [0.717, 1.165) is 54.5 Å². The number of allylic oxidation sites excluding steroid dienone is 5. The quantitative estimate of drug-likeness (QED) is 0.702. The molecule has 1 fully saturated rings. The Morgan fingerprint density at radius 2 is 2.18 bits per heavy atom. The number of aromatic amines is 1. The number of hydrogen-bond donors (Lipinski definition) is 2. The molecule has 1 spiro atoms. The van der Waals surface area contributed by atoms with Crippen molar-refractivity contribution in [2.24, 2.45) is 11.3 Å². The van der Waals surface area contributed by atoms with Gasteiger partial charge in [-0.3, -0.25) is 9.89 Å². The van der Waals surface area contributed by atoms with Crippen molar-refractivity contribution in [3.63, 3.8) is 0 Å². The first-order chi connectivity index (χ1) is 16.0. The number of nitrogens with one attached hydrogen (secondary N) is 2. The number of nitrogens with zero attached hydrogens (tertiary/aromatic N) is 2. The first kappa shape index (κ1) is 20.4. The molecule has 3 atom stereocenters. The van der Waals surface area contributed by atoms with Crippen molar-refractivity contribution in [3.8, 4) is 0 Å². The molecule has 5 nitrogen and oxygen atoms in total. The molecule has 1 aromatic heterocycles. The van der Waals surface area contributed by atoms with Gasteiger partial charge in [0.25, 0.3) is 0 Å². The van der Waals surface area contributed by atoms with Gasteiger partial charge in [0, 0.05) is 23.5 Å². The summed E-state index contributed by atoms with van der Waals surface area (Å²) in [5.74, 6) is 0.848. The van der Waals surface area contributed by atoms with Crippen LogP contribution in [0.25, 0.3) is 17.0 Å². The van der Waals surface area contributed by atoms with E-state index in [4.69, 9.17) is 0 Å². The summed E-state index contributed by atoms with van der Waals surface area (Å²) >= 11 is 0. The van der Waals surface area contributed by atoms with Crippen molar-refractivity contribution >= 4 is 22.9 Å². The molecule has 0 radical (unpaired) electrons. The number of carbonyl (C=O) groups excluding carboxylic acids is 1. The van der Waals surface area contributed by atoms with E-state index in [1.807, 2.05) is 0 Å². The van der Waals surface area contributed by atoms with Gasteiger partial charge in [0.05, 0.1) is 16.6 Å². The van der Waals surface area contributed by atoms with Crippen molar-refractivity contribution in [1.29, 1.82) is 0 Å². The Hall–Kier alpha value is -3.18. The highest BCUT2D eigenvalue weighted by Gasteiger charge is 2.65. The van der Waals surface area contributed by atoms with E-state index in [1.54, 1.807) is 0 Å². The molecular formula is C28H30N4O. The summed E-state index contributed by atoms with van der Waals surface area (Å²) < 4.78 is 0. The molecule has 3 aliphatic carbocycles. The van der Waals surface area contributed by atoms with Crippen LogP contribution in [0.1, 0.15) is 42.9 Å². The van der Waals surface area contributed by atoms with E-state index in [1.165, 1.54) is 16.7 Å². The van der Waals surface area contributed by atoms with Crippen LogP contribution >= 0.6 is 0 Å². The Morgan fingerprint density at radius 1 is 1.27 bits per heavy atom. The highest BCUT2D eigenvalue weighted by molar-refractivity contribution is 5.97. The van der Waals surface area contributed by atoms with Gasteiger partial charge in [-0.25, -0.2) is 0 Å². The average Bonchev–Trinajstić information content (AvgIpc) is 3.35. The second-order valence-electron chi connectivity index (χ2n) is 10.1. The van der Waals surface area contributed by atoms with Crippen LogP contribution in [0, 0.1) is 11.3 Å². The largest absolute Gasteiger partial charge is 0.325 e. The van der Waals surface area contributed by atoms with E-state index >= 15 is 0 Å². The Labute approximate surface area is 194 Å². The van der Waals surface area contributed by atoms with Crippen LogP contribution in [-0.2, 0) is 4.79 Å². The lowest BCUT2D eigenvalue weighted by molar-refractivity contribution is -0.123. The van der Waals surface area contributed by atoms with Crippen molar-refractivity contribution < 1.29 is 4.79 Å². The normalized spacial score (nSPS) is 28.3. The summed E-state index contributed by atoms with van der Waals surface area (Å²) in [7, 11) is 4.20. The van der Waals surface area contributed by atoms with E-state index in [-0.39, 0.29) is 17.2 Å². The molecule has 2 aromatic rings. The number of aromatic nitrogens is 2. The summed E-state index contributed by atoms with van der Waals surface area (Å²) in [5, 5.41) is 12.0. The SMILES string of the molecule is CN(C)CC1=CCC(/C=C/c2n[nH]c3cc(C4C[C@@]45C(=O)NC4=C5CCC=C4)ccc23)C=C1. The molecule has 1 aliphatic heterocycles. The van der Waals surface area contributed by atoms with E-state index in [0.29, 0.717) is 5.92 Å². The van der Waals surface area contributed by atoms with Gasteiger partial charge in [-0.15, -0.1) is 0 Å². The first-order valence-corrected chi connectivity index (χ1v) is 11.9. The van der Waals surface area contributed by atoms with Gasteiger partial charge in [-0.05, 0) is 80.6 Å². The van der Waals surface area contributed by atoms with Gasteiger partial charge in [0.1, 0.15) is 0 Å². The van der Waals surface area contributed by atoms with Gasteiger partial charge >= 0.3 is 0 Å². The van der Waals surface area contributed by atoms with Crippen LogP contribution in [0.3, 0.4) is 0 Å². The molecule has 5 heteroatoms. The second-order valence-corrected chi connectivity index (χ2v) is 10.1. The van der Waals surface area contributed by atoms with E-state index in [2.05, 4.69) is 95.2 Å². The number of hydrogen-bond acceptors (Lipinski definition) is 3. The van der Waals surface area contributed by atoms with E-state index < -0.39 is 0 Å². The number of H-pyrrole nitrogens is 1. The predicted molar refractivity (Wildman–Crippen MR) is 132 cm³/mol. The monoisotopic (exact) mass is 438 g/mol. The molecule has 1 saturated carbocycles. The fourth-order valence-electron chi connectivity index (χ4n) is 5.79. The fourth-order valence-corrected chi connectivity index (χ4v) is 5.79. The minimum Gasteiger partial charge on any atom is -0.325 e. The highest BCUT2D eigenvalue weighted by Crippen LogP contribution is 2.67. The Morgan fingerprint density at radius 3 is 3.00 bits per heavy atom. The summed E-state index contributed by atoms with van der Waals surface area (Å²) in [5.41, 5.74) is 6.67. The van der Waals surface area contributed by atoms with Crippen LogP contribution in [0.15, 0.2) is 71.5 Å². The standard InChI is InChI=1S/C28H30N4O/c1-32(2)17-19-9-7-18(8-10-19)11-14-24-21-13-12-20(15-26(21)31-30-24)23-16-28(23)22-5-3-4-6-25(22)29-27(28)33/h4,6-7,9-15,18,23H,3,5,8,16-17H2,1-2H3,(H,29,33)(H,30,31)/b14-11+/t18?,23?,28-/m0/s1. The average molecular weight is 439 g/mol. The molecule has 0 bridgehead atoms. The minimum absolute atomic E-state index is 0.181. The zero-order valence-corrected chi connectivity index (χ0v) is 19.3. The molecule has 168 valence electrons. The van der Waals surface area contributed by atoms with Crippen LogP contribution in [0.4, 0.5) is 0 Å². The number of rotatable bonds is 5. The number of benzene rings is 1. The molecule has 1 amide bonds. The van der Waals surface area contributed by atoms with E-state index in [9.17, 15) is 4.79 Å². The molecule has 6 rings (SSSR count). The molecule has 2 N–H and O–H groups in total. The van der Waals surface area contributed by atoms with Crippen LogP contribution in [0.2, 0.25) is 0 Å². The minimum atomic E-state index is -0.317. The maximum atomic E-state index is 12.9. The third-order valence-corrected chi connectivity index (χ3v) is 7.55. The Balaban J connectivity index is 1.19. The number of carbonyl (C=O) groups is 1. The molecule has 0 saturated heterocycles. The lowest BCUT2D eigenvalue weighted by Gasteiger charge is -2.16. The third-order valence-electron chi connectivity index (χ3n) is 7.55. The summed E-state index contributed by atoms with van der Waals surface area (Å²) in [6.07, 6.45) is 19.4. The number of likely N-dealkylation sites (N-methyl/N-ethyl adjacent to an activating group) is 1. The zero-order valence-electron chi connectivity index (χ0n) is 19.3. The summed E-state index contributed by atoms with van der Waals surface area (Å²) in [4.78, 5) is 15.1. The predicted octanol–water partition coefficient (Wildman–Crippen LogP) is 4.85. The smallest absolute Gasteiger partial charge is 0.235 e. The van der Waals surface area contributed by atoms with Crippen LogP contribution in [0.5, 0.6) is 0 Å². The van der Waals surface area contributed by atoms with Gasteiger partial charge in [-0.1, -0.05) is 42.5 Å². The Bertz CT molecular complexity index is 1290. The van der Waals surface area contributed by atoms with Crippen molar-refractivity contribution in [3.05, 3.63) is 82.8 Å². The molecule has 4 aliphatic rings. The number of fused-ring (bicyclic) bond motifs is 2. The first-order valence-electron chi connectivity index (χ1n) is 11.9. The lowest BCUT2D eigenvalue weighted by Crippen LogP contribution is -2.23. The maximum Gasteiger partial charge on any atom is 0.235 e. The van der Waals surface area contributed by atoms with Crippen molar-refractivity contribution in [2.75, 3.05) is 20.6 Å². The second kappa shape index (κ2) is 7.70. The van der Waals surface area contributed by atoms with Crippen molar-refractivity contribution in [2.45, 2.75) is 31.6 Å². The lowest BCUT2D eigenvalue weighted by atomic mass is 9.86. The Kier molecular flexibility index (Phi) is 4.77. The maximum absolute atomic E-state index is 12.9. The molecule has 2 heterocycles. The van der Waals surface area contributed by atoms with Crippen molar-refractivity contribution in [1.82, 2.24) is 20.4 Å². The third kappa shape index (κ3) is 3.42. The highest BCUT2D eigenvalue weighted by atomic mass is 16.2. The van der Waals surface area contributed by atoms with Gasteiger partial charge in [-0.2, -0.15) is 5.10 Å². The van der Waals surface area contributed by atoms with Gasteiger partial charge in [0.15, 0.2) is 0 Å². The summed E-state index contributed by atoms with van der Waals surface area (Å²) in [6, 6.07) is 6.55. The zero-order chi connectivity index (χ0) is 22.6. The van der Waals surface area contributed by atoms with Gasteiger partial charge < -0.3 is 10.2 Å². The molecular weight excluding hydrogens is 408 g/mol. The molecule has 1 aromatic carbocycles. The van der Waals surface area contributed by atoms with Gasteiger partial charge in [0.2, 0.25) is 5.91 Å². The fraction of sp³-hybridized carbons (Fsp3) is 0.357. The molecule has 2 unspecified atom stereocenters. The number of amides is 1. The topological polar surface area (TPSA) is 61.0 Å². The molecule has 33 heavy (non-hydrogen) atoms. The van der Waals surface area contributed by atoms with Crippen LogP contribution in [-0.4, -0.2) is 41.6 Å². The summed E-state index contributed by atoms with van der Waals surface area (Å²) in [6.45, 7) is 0.985.